The highest BCUT2D eigenvalue weighted by atomic mass is 32.2. The summed E-state index contributed by atoms with van der Waals surface area (Å²) in [5, 5.41) is 0. The first kappa shape index (κ1) is 4.14. The van der Waals surface area contributed by atoms with Gasteiger partial charge in [0.2, 0.25) is 0 Å². The molecule has 0 aliphatic rings. The maximum absolute atomic E-state index is 7.53. The molecule has 0 unspecified atom stereocenters. The fraction of sp³-hybridized carbons (Fsp3) is 0. The SMILES string of the molecule is C=S(O)O. The topological polar surface area (TPSA) is 40.5 Å². The molecule has 26 valence electrons. The van der Waals surface area contributed by atoms with Gasteiger partial charge in [0.25, 0.3) is 0 Å². The first-order chi connectivity index (χ1) is 1.73. The lowest BCUT2D eigenvalue weighted by atomic mass is 12.0. The zero-order valence-corrected chi connectivity index (χ0v) is 2.83. The van der Waals surface area contributed by atoms with Gasteiger partial charge in [-0.1, -0.05) is 0 Å². The zero-order chi connectivity index (χ0) is 3.58. The Bertz CT molecular complexity index is 29.0. The summed E-state index contributed by atoms with van der Waals surface area (Å²) < 4.78 is 15.1. The van der Waals surface area contributed by atoms with Gasteiger partial charge in [-0.3, -0.25) is 0 Å². The standard InChI is InChI=1S/CH4O2S/c1-4(2)3/h2-3H,1H2. The van der Waals surface area contributed by atoms with Crippen molar-refractivity contribution in [1.82, 2.24) is 0 Å². The highest BCUT2D eigenvalue weighted by Gasteiger charge is 1.50. The van der Waals surface area contributed by atoms with E-state index in [1.165, 1.54) is 0 Å². The van der Waals surface area contributed by atoms with Gasteiger partial charge in [0.05, 0.1) is 11.0 Å². The molecule has 0 saturated heterocycles. The molecule has 2 nitrogen and oxygen atoms in total. The Morgan fingerprint density at radius 1 is 1.50 bits per heavy atom. The Morgan fingerprint density at radius 2 is 1.50 bits per heavy atom. The third kappa shape index (κ3) is 142. The predicted octanol–water partition coefficient (Wildman–Crippen LogP) is 0.633. The Labute approximate surface area is 27.0 Å². The van der Waals surface area contributed by atoms with Crippen LogP contribution in [-0.2, 0) is 0 Å². The van der Waals surface area contributed by atoms with Crippen LogP contribution >= 0.6 is 11.0 Å². The average molecular weight is 80.1 g/mol. The smallest absolute Gasteiger partial charge is 0.0628 e. The fourth-order valence-corrected chi connectivity index (χ4v) is 0. The van der Waals surface area contributed by atoms with Crippen molar-refractivity contribution in [3.63, 3.8) is 0 Å². The van der Waals surface area contributed by atoms with E-state index in [0.29, 0.717) is 0 Å². The predicted molar refractivity (Wildman–Crippen MR) is 20.0 cm³/mol. The third-order valence-corrected chi connectivity index (χ3v) is 0. The minimum Gasteiger partial charge on any atom is -0.315 e. The van der Waals surface area contributed by atoms with Crippen LogP contribution in [0.2, 0.25) is 0 Å². The van der Waals surface area contributed by atoms with E-state index in [0.717, 1.165) is 0 Å². The Morgan fingerprint density at radius 3 is 1.50 bits per heavy atom. The summed E-state index contributed by atoms with van der Waals surface area (Å²) >= 11 is -1.61. The lowest BCUT2D eigenvalue weighted by Crippen LogP contribution is -1.47. The van der Waals surface area contributed by atoms with Crippen LogP contribution in [0.5, 0.6) is 0 Å². The molecule has 0 fully saturated rings. The fourth-order valence-electron chi connectivity index (χ4n) is 0. The van der Waals surface area contributed by atoms with Crippen molar-refractivity contribution in [3.05, 3.63) is 0 Å². The van der Waals surface area contributed by atoms with Gasteiger partial charge >= 0.3 is 0 Å². The van der Waals surface area contributed by atoms with Crippen LogP contribution in [-0.4, -0.2) is 15.0 Å². The van der Waals surface area contributed by atoms with Crippen molar-refractivity contribution in [2.24, 2.45) is 0 Å². The molecule has 0 radical (unpaired) electrons. The van der Waals surface area contributed by atoms with Gasteiger partial charge in [-0.2, -0.15) is 0 Å². The molecule has 0 aliphatic heterocycles. The maximum Gasteiger partial charge on any atom is 0.0628 e. The van der Waals surface area contributed by atoms with Crippen molar-refractivity contribution in [2.45, 2.75) is 0 Å². The molecular formula is CH4O2S. The second-order valence-corrected chi connectivity index (χ2v) is 1.02. The lowest BCUT2D eigenvalue weighted by molar-refractivity contribution is 0.537. The van der Waals surface area contributed by atoms with Gasteiger partial charge in [0.15, 0.2) is 0 Å². The normalized spacial score (nSPS) is 8.75. The molecule has 0 heterocycles. The van der Waals surface area contributed by atoms with Crippen LogP contribution in [0.4, 0.5) is 0 Å². The number of rotatable bonds is 0. The van der Waals surface area contributed by atoms with Crippen LogP contribution in [0, 0.1) is 0 Å². The zero-order valence-electron chi connectivity index (χ0n) is 2.01. The molecule has 0 bridgehead atoms. The van der Waals surface area contributed by atoms with Crippen LogP contribution in [0.25, 0.3) is 0 Å². The molecular weight excluding hydrogens is 76.1 g/mol. The van der Waals surface area contributed by atoms with Gasteiger partial charge in [-0.25, -0.2) is 0 Å². The summed E-state index contributed by atoms with van der Waals surface area (Å²) in [4.78, 5) is 0. The molecule has 3 heteroatoms. The molecule has 4 heavy (non-hydrogen) atoms. The monoisotopic (exact) mass is 80.0 g/mol. The van der Waals surface area contributed by atoms with Gasteiger partial charge in [0, 0.05) is 0 Å². The van der Waals surface area contributed by atoms with Gasteiger partial charge < -0.3 is 9.11 Å². The van der Waals surface area contributed by atoms with E-state index in [-0.39, 0.29) is 0 Å². The Hall–Kier alpha value is 0.140. The van der Waals surface area contributed by atoms with Crippen LogP contribution in [0.15, 0.2) is 0 Å². The number of hydrogen-bond acceptors (Lipinski definition) is 2. The van der Waals surface area contributed by atoms with E-state index in [1.807, 2.05) is 0 Å². The van der Waals surface area contributed by atoms with Gasteiger partial charge in [0.1, 0.15) is 0 Å². The van der Waals surface area contributed by atoms with Crippen molar-refractivity contribution in [3.8, 4) is 0 Å². The summed E-state index contributed by atoms with van der Waals surface area (Å²) in [6.45, 7) is 0. The van der Waals surface area contributed by atoms with Crippen molar-refractivity contribution in [1.29, 1.82) is 0 Å². The van der Waals surface area contributed by atoms with Crippen LogP contribution in [0.1, 0.15) is 0 Å². The van der Waals surface area contributed by atoms with E-state index >= 15 is 0 Å². The van der Waals surface area contributed by atoms with E-state index < -0.39 is 11.0 Å². The lowest BCUT2D eigenvalue weighted by Gasteiger charge is -1.69. The minimum atomic E-state index is -1.61. The molecule has 2 N–H and O–H groups in total. The van der Waals surface area contributed by atoms with Gasteiger partial charge in [-0.05, 0) is 5.87 Å². The molecule has 0 aromatic heterocycles. The minimum absolute atomic E-state index is 1.61. The second kappa shape index (κ2) is 1.46. The molecule has 0 spiro atoms. The quantitative estimate of drug-likeness (QED) is 0.419. The maximum atomic E-state index is 7.53. The summed E-state index contributed by atoms with van der Waals surface area (Å²) in [6, 6.07) is 0. The van der Waals surface area contributed by atoms with Crippen LogP contribution < -0.4 is 0 Å². The van der Waals surface area contributed by atoms with Crippen molar-refractivity contribution >= 4 is 16.9 Å². The summed E-state index contributed by atoms with van der Waals surface area (Å²) in [5.74, 6) is 2.78. The summed E-state index contributed by atoms with van der Waals surface area (Å²) in [6.07, 6.45) is 0. The molecule has 0 amide bonds. The van der Waals surface area contributed by atoms with E-state index in [9.17, 15) is 0 Å². The first-order valence-corrected chi connectivity index (χ1v) is 1.96. The van der Waals surface area contributed by atoms with E-state index in [2.05, 4.69) is 5.87 Å². The molecule has 0 saturated carbocycles. The highest BCUT2D eigenvalue weighted by molar-refractivity contribution is 8.03. The highest BCUT2D eigenvalue weighted by Crippen LogP contribution is 1.83. The molecule has 0 aliphatic carbocycles. The third-order valence-electron chi connectivity index (χ3n) is 0. The largest absolute Gasteiger partial charge is 0.315 e. The van der Waals surface area contributed by atoms with Crippen LogP contribution in [0.3, 0.4) is 0 Å². The Balaban J connectivity index is 2.80. The van der Waals surface area contributed by atoms with Crippen molar-refractivity contribution in [2.75, 3.05) is 0 Å². The average Bonchev–Trinajstić information content (AvgIpc) is 0.811. The molecule has 0 atom stereocenters. The second-order valence-electron chi connectivity index (χ2n) is 0.340. The molecule has 0 aromatic carbocycles. The van der Waals surface area contributed by atoms with E-state index in [4.69, 9.17) is 9.11 Å². The van der Waals surface area contributed by atoms with E-state index in [1.54, 1.807) is 0 Å². The molecule has 0 rings (SSSR count). The number of hydrogen-bond donors (Lipinski definition) is 2. The Kier molecular flexibility index (Phi) is 1.51. The van der Waals surface area contributed by atoms with Crippen molar-refractivity contribution < 1.29 is 9.11 Å². The molecule has 0 aromatic rings. The first-order valence-electron chi connectivity index (χ1n) is 0.654. The summed E-state index contributed by atoms with van der Waals surface area (Å²) in [5.41, 5.74) is 0. The summed E-state index contributed by atoms with van der Waals surface area (Å²) in [7, 11) is 0. The van der Waals surface area contributed by atoms with Gasteiger partial charge in [-0.15, -0.1) is 0 Å².